The molecule has 30 heavy (non-hydrogen) atoms. The van der Waals surface area contributed by atoms with Gasteiger partial charge in [0, 0.05) is 28.3 Å². The summed E-state index contributed by atoms with van der Waals surface area (Å²) in [5.74, 6) is 0.695. The largest absolute Gasteiger partial charge is 0.497 e. The monoisotopic (exact) mass is 402 g/mol. The standard InChI is InChI=1S/C24H22N2O4/c1-28-19-10-8-16(9-11-19)26-17(6-7-18(26)13-29-14-20-15-30-20)12-22-21-4-2-3-5-23(21)25-24(22)27/h2-12,20H,13-15H2,1H3,(H,25,27)/b22-12-. The van der Waals surface area contributed by atoms with E-state index >= 15 is 0 Å². The second-order valence-corrected chi connectivity index (χ2v) is 7.31. The maximum absolute atomic E-state index is 12.6. The van der Waals surface area contributed by atoms with Crippen molar-refractivity contribution < 1.29 is 19.0 Å². The lowest BCUT2D eigenvalue weighted by atomic mass is 10.1. The summed E-state index contributed by atoms with van der Waals surface area (Å²) in [5, 5.41) is 2.93. The number of carbonyl (C=O) groups is 1. The van der Waals surface area contributed by atoms with Crippen molar-refractivity contribution in [3.63, 3.8) is 0 Å². The van der Waals surface area contributed by atoms with Gasteiger partial charge in [-0.2, -0.15) is 0 Å². The average Bonchev–Trinajstić information content (AvgIpc) is 3.43. The van der Waals surface area contributed by atoms with E-state index in [-0.39, 0.29) is 12.0 Å². The van der Waals surface area contributed by atoms with Crippen LogP contribution in [-0.2, 0) is 20.9 Å². The predicted molar refractivity (Wildman–Crippen MR) is 115 cm³/mol. The van der Waals surface area contributed by atoms with Gasteiger partial charge in [0.2, 0.25) is 0 Å². The molecule has 152 valence electrons. The molecule has 3 heterocycles. The van der Waals surface area contributed by atoms with Crippen molar-refractivity contribution in [3.05, 3.63) is 77.6 Å². The zero-order valence-electron chi connectivity index (χ0n) is 16.6. The van der Waals surface area contributed by atoms with Crippen LogP contribution in [0.1, 0.15) is 17.0 Å². The molecule has 2 aromatic carbocycles. The first kappa shape index (κ1) is 18.7. The third-order valence-corrected chi connectivity index (χ3v) is 5.28. The van der Waals surface area contributed by atoms with Crippen LogP contribution in [0.25, 0.3) is 17.3 Å². The van der Waals surface area contributed by atoms with E-state index in [1.807, 2.05) is 66.7 Å². The fourth-order valence-electron chi connectivity index (χ4n) is 3.66. The number of nitrogens with one attached hydrogen (secondary N) is 1. The van der Waals surface area contributed by atoms with Gasteiger partial charge in [0.25, 0.3) is 5.91 Å². The van der Waals surface area contributed by atoms with E-state index in [9.17, 15) is 4.79 Å². The number of rotatable bonds is 7. The van der Waals surface area contributed by atoms with Crippen molar-refractivity contribution in [1.82, 2.24) is 4.57 Å². The number of methoxy groups -OCH3 is 1. The first-order valence-corrected chi connectivity index (χ1v) is 9.90. The van der Waals surface area contributed by atoms with E-state index in [0.717, 1.165) is 40.7 Å². The van der Waals surface area contributed by atoms with Crippen LogP contribution in [0.4, 0.5) is 5.69 Å². The number of carbonyl (C=O) groups excluding carboxylic acids is 1. The first-order valence-electron chi connectivity index (χ1n) is 9.90. The normalized spacial score (nSPS) is 18.4. The van der Waals surface area contributed by atoms with E-state index in [4.69, 9.17) is 14.2 Å². The van der Waals surface area contributed by atoms with Crippen LogP contribution in [0.5, 0.6) is 5.75 Å². The highest BCUT2D eigenvalue weighted by Gasteiger charge is 2.25. The molecule has 6 nitrogen and oxygen atoms in total. The van der Waals surface area contributed by atoms with E-state index in [1.165, 1.54) is 0 Å². The van der Waals surface area contributed by atoms with Crippen molar-refractivity contribution in [2.45, 2.75) is 12.7 Å². The highest BCUT2D eigenvalue weighted by atomic mass is 16.6. The summed E-state index contributed by atoms with van der Waals surface area (Å²) < 4.78 is 18.5. The molecule has 1 N–H and O–H groups in total. The summed E-state index contributed by atoms with van der Waals surface area (Å²) >= 11 is 0. The Bertz CT molecular complexity index is 1110. The Kier molecular flexibility index (Phi) is 4.86. The van der Waals surface area contributed by atoms with Gasteiger partial charge < -0.3 is 24.1 Å². The molecule has 1 atom stereocenters. The molecule has 1 amide bonds. The summed E-state index contributed by atoms with van der Waals surface area (Å²) in [6.45, 7) is 1.81. The minimum Gasteiger partial charge on any atom is -0.497 e. The van der Waals surface area contributed by atoms with Crippen molar-refractivity contribution in [3.8, 4) is 11.4 Å². The molecule has 1 saturated heterocycles. The first-order chi connectivity index (χ1) is 14.7. The highest BCUT2D eigenvalue weighted by Crippen LogP contribution is 2.33. The van der Waals surface area contributed by atoms with Crippen LogP contribution in [0.2, 0.25) is 0 Å². The number of epoxide rings is 1. The van der Waals surface area contributed by atoms with Crippen LogP contribution in [0.3, 0.4) is 0 Å². The molecule has 6 heteroatoms. The third-order valence-electron chi connectivity index (χ3n) is 5.28. The topological polar surface area (TPSA) is 65.0 Å². The smallest absolute Gasteiger partial charge is 0.256 e. The average molecular weight is 402 g/mol. The SMILES string of the molecule is COc1ccc(-n2c(/C=C3\C(=O)Nc4ccccc43)ccc2COCC2CO2)cc1. The van der Waals surface area contributed by atoms with Gasteiger partial charge in [-0.1, -0.05) is 18.2 Å². The number of aromatic nitrogens is 1. The maximum atomic E-state index is 12.6. The number of hydrogen-bond acceptors (Lipinski definition) is 4. The molecule has 1 fully saturated rings. The Morgan fingerprint density at radius 2 is 1.93 bits per heavy atom. The molecule has 0 aliphatic carbocycles. The lowest BCUT2D eigenvalue weighted by Crippen LogP contribution is -2.08. The molecule has 1 aromatic heterocycles. The second kappa shape index (κ2) is 7.82. The van der Waals surface area contributed by atoms with Crippen molar-refractivity contribution in [2.75, 3.05) is 25.6 Å². The van der Waals surface area contributed by atoms with Gasteiger partial charge >= 0.3 is 0 Å². The van der Waals surface area contributed by atoms with Crippen LogP contribution < -0.4 is 10.1 Å². The van der Waals surface area contributed by atoms with Crippen molar-refractivity contribution in [2.24, 2.45) is 0 Å². The fraction of sp³-hybridized carbons (Fsp3) is 0.208. The van der Waals surface area contributed by atoms with E-state index in [1.54, 1.807) is 7.11 Å². The van der Waals surface area contributed by atoms with Crippen LogP contribution >= 0.6 is 0 Å². The van der Waals surface area contributed by atoms with Gasteiger partial charge in [-0.3, -0.25) is 4.79 Å². The van der Waals surface area contributed by atoms with Gasteiger partial charge in [-0.15, -0.1) is 0 Å². The highest BCUT2D eigenvalue weighted by molar-refractivity contribution is 6.34. The quantitative estimate of drug-likeness (QED) is 0.481. The number of para-hydroxylation sites is 1. The molecule has 0 saturated carbocycles. The molecule has 2 aliphatic rings. The Morgan fingerprint density at radius 3 is 2.70 bits per heavy atom. The van der Waals surface area contributed by atoms with E-state index in [2.05, 4.69) is 9.88 Å². The number of ether oxygens (including phenoxy) is 3. The van der Waals surface area contributed by atoms with Crippen LogP contribution in [-0.4, -0.2) is 36.9 Å². The number of amides is 1. The van der Waals surface area contributed by atoms with Crippen molar-refractivity contribution >= 4 is 23.2 Å². The summed E-state index contributed by atoms with van der Waals surface area (Å²) in [5.41, 5.74) is 5.28. The number of hydrogen-bond donors (Lipinski definition) is 1. The number of benzene rings is 2. The molecule has 1 unspecified atom stereocenters. The van der Waals surface area contributed by atoms with Gasteiger partial charge in [-0.05, 0) is 48.5 Å². The lowest BCUT2D eigenvalue weighted by Gasteiger charge is -2.13. The Balaban J connectivity index is 1.54. The summed E-state index contributed by atoms with van der Waals surface area (Å²) in [7, 11) is 1.65. The third kappa shape index (κ3) is 3.63. The van der Waals surface area contributed by atoms with Gasteiger partial charge in [0.1, 0.15) is 11.9 Å². The lowest BCUT2D eigenvalue weighted by molar-refractivity contribution is -0.110. The summed E-state index contributed by atoms with van der Waals surface area (Å²) in [4.78, 5) is 12.6. The Hall–Kier alpha value is -3.35. The van der Waals surface area contributed by atoms with Gasteiger partial charge in [0.15, 0.2) is 0 Å². The molecular weight excluding hydrogens is 380 g/mol. The van der Waals surface area contributed by atoms with Gasteiger partial charge in [0.05, 0.1) is 32.5 Å². The molecule has 5 rings (SSSR count). The van der Waals surface area contributed by atoms with Gasteiger partial charge in [-0.25, -0.2) is 0 Å². The summed E-state index contributed by atoms with van der Waals surface area (Å²) in [6, 6.07) is 19.6. The molecule has 0 spiro atoms. The fourth-order valence-corrected chi connectivity index (χ4v) is 3.66. The molecule has 0 bridgehead atoms. The second-order valence-electron chi connectivity index (χ2n) is 7.31. The molecular formula is C24H22N2O4. The molecule has 2 aliphatic heterocycles. The van der Waals surface area contributed by atoms with E-state index in [0.29, 0.717) is 18.8 Å². The zero-order chi connectivity index (χ0) is 20.5. The van der Waals surface area contributed by atoms with Crippen LogP contribution in [0.15, 0.2) is 60.7 Å². The number of anilines is 1. The van der Waals surface area contributed by atoms with Crippen LogP contribution in [0, 0.1) is 0 Å². The predicted octanol–water partition coefficient (Wildman–Crippen LogP) is 3.89. The Morgan fingerprint density at radius 1 is 1.13 bits per heavy atom. The Labute approximate surface area is 174 Å². The minimum atomic E-state index is -0.0950. The molecule has 3 aromatic rings. The van der Waals surface area contributed by atoms with Crippen molar-refractivity contribution in [1.29, 1.82) is 0 Å². The minimum absolute atomic E-state index is 0.0950. The zero-order valence-corrected chi connectivity index (χ0v) is 16.6. The molecule has 0 radical (unpaired) electrons. The number of nitrogens with zero attached hydrogens (tertiary/aromatic N) is 1. The summed E-state index contributed by atoms with van der Waals surface area (Å²) in [6.07, 6.45) is 2.15. The van der Waals surface area contributed by atoms with E-state index < -0.39 is 0 Å². The number of fused-ring (bicyclic) bond motifs is 1. The maximum Gasteiger partial charge on any atom is 0.256 e.